The van der Waals surface area contributed by atoms with Crippen molar-refractivity contribution in [1.29, 1.82) is 0 Å². The molecule has 0 aliphatic carbocycles. The van der Waals surface area contributed by atoms with Crippen molar-refractivity contribution < 1.29 is 9.72 Å². The minimum Gasteiger partial charge on any atom is -0.494 e. The van der Waals surface area contributed by atoms with E-state index in [2.05, 4.69) is 10.3 Å². The maximum Gasteiger partial charge on any atom is 0.323 e. The maximum atomic E-state index is 5.48. The van der Waals surface area contributed by atoms with E-state index in [4.69, 9.17) is 9.73 Å². The number of rotatable bonds is 5. The molecule has 0 unspecified atom stereocenters. The summed E-state index contributed by atoms with van der Waals surface area (Å²) in [5, 5.41) is 3.39. The lowest BCUT2D eigenvalue weighted by molar-refractivity contribution is -0.362. The molecule has 3 rings (SSSR count). The van der Waals surface area contributed by atoms with Crippen LogP contribution in [-0.4, -0.2) is 12.4 Å². The average Bonchev–Trinajstić information content (AvgIpc) is 2.65. The fraction of sp³-hybridized carbons (Fsp3) is 0.100. The number of pyridine rings is 1. The van der Waals surface area contributed by atoms with Crippen molar-refractivity contribution in [3.8, 4) is 5.75 Å². The second-order valence-electron chi connectivity index (χ2n) is 5.16. The van der Waals surface area contributed by atoms with Gasteiger partial charge < -0.3 is 10.1 Å². The minimum atomic E-state index is 0.660. The zero-order chi connectivity index (χ0) is 16.6. The Labute approximate surface area is 141 Å². The fourth-order valence-electron chi connectivity index (χ4n) is 2.27. The molecule has 4 nitrogen and oxygen atoms in total. The Morgan fingerprint density at radius 3 is 2.38 bits per heavy atom. The van der Waals surface area contributed by atoms with Crippen LogP contribution in [-0.2, 0) is 0 Å². The van der Waals surface area contributed by atoms with Gasteiger partial charge in [0.05, 0.1) is 12.8 Å². The molecule has 24 heavy (non-hydrogen) atoms. The van der Waals surface area contributed by atoms with E-state index in [0.717, 1.165) is 28.7 Å². The van der Waals surface area contributed by atoms with Gasteiger partial charge in [-0.2, -0.15) is 0 Å². The Bertz CT molecular complexity index is 784. The molecule has 2 aromatic carbocycles. The molecule has 120 valence electrons. The Morgan fingerprint density at radius 1 is 0.958 bits per heavy atom. The van der Waals surface area contributed by atoms with Crippen LogP contribution in [0.3, 0.4) is 0 Å². The van der Waals surface area contributed by atoms with E-state index < -0.39 is 0 Å². The Balaban J connectivity index is 1.89. The number of benzene rings is 2. The largest absolute Gasteiger partial charge is 0.494 e. The van der Waals surface area contributed by atoms with Gasteiger partial charge in [0.25, 0.3) is 5.84 Å². The second kappa shape index (κ2) is 7.92. The molecule has 0 radical (unpaired) electrons. The number of ether oxygens (including phenoxy) is 1. The third kappa shape index (κ3) is 4.20. The van der Waals surface area contributed by atoms with E-state index in [0.29, 0.717) is 6.61 Å². The lowest BCUT2D eigenvalue weighted by Crippen LogP contribution is -2.14. The summed E-state index contributed by atoms with van der Waals surface area (Å²) in [6.07, 6.45) is 1.86. The molecule has 0 amide bonds. The van der Waals surface area contributed by atoms with Crippen LogP contribution < -0.4 is 15.0 Å². The van der Waals surface area contributed by atoms with Crippen LogP contribution in [0.4, 0.5) is 11.5 Å². The van der Waals surface area contributed by atoms with E-state index >= 15 is 0 Å². The Morgan fingerprint density at radius 2 is 1.71 bits per heavy atom. The smallest absolute Gasteiger partial charge is 0.323 e. The summed E-state index contributed by atoms with van der Waals surface area (Å²) in [4.78, 5) is 7.83. The highest BCUT2D eigenvalue weighted by molar-refractivity contribution is 6.09. The number of aliphatic imine (C=N–C) groups is 1. The summed E-state index contributed by atoms with van der Waals surface area (Å²) >= 11 is 0. The molecular formula is C20H20N3O+. The third-order valence-electron chi connectivity index (χ3n) is 3.40. The number of nitrogens with zero attached hydrogens (tertiary/aromatic N) is 1. The minimum absolute atomic E-state index is 0.660. The maximum absolute atomic E-state index is 5.48. The van der Waals surface area contributed by atoms with E-state index in [1.54, 1.807) is 0 Å². The van der Waals surface area contributed by atoms with Crippen LogP contribution in [0.1, 0.15) is 12.5 Å². The first kappa shape index (κ1) is 15.7. The molecule has 4 heteroatoms. The predicted octanol–water partition coefficient (Wildman–Crippen LogP) is 4.09. The van der Waals surface area contributed by atoms with Crippen LogP contribution in [0.25, 0.3) is 0 Å². The van der Waals surface area contributed by atoms with Crippen molar-refractivity contribution in [2.24, 2.45) is 4.99 Å². The van der Waals surface area contributed by atoms with E-state index in [-0.39, 0.29) is 0 Å². The summed E-state index contributed by atoms with van der Waals surface area (Å²) in [6, 6.07) is 23.7. The zero-order valence-corrected chi connectivity index (χ0v) is 13.6. The van der Waals surface area contributed by atoms with Gasteiger partial charge in [0.2, 0.25) is 0 Å². The van der Waals surface area contributed by atoms with Gasteiger partial charge in [-0.1, -0.05) is 24.3 Å². The molecule has 3 aromatic rings. The standard InChI is InChI=1S/C20H19N3O/c1-2-24-18-13-11-17(12-14-18)22-20(16-8-4-3-5-9-16)23-19-10-6-7-15-21-19/h3-15H,2H2,1H3,(H,21,22,23)/p+1. The summed E-state index contributed by atoms with van der Waals surface area (Å²) in [7, 11) is 0. The molecule has 0 bridgehead atoms. The molecule has 0 saturated carbocycles. The SMILES string of the molecule is CCOc1ccc(NC(=Nc2cccc[nH+]2)c2ccccc2)cc1. The number of H-pyrrole nitrogens is 1. The quantitative estimate of drug-likeness (QED) is 0.569. The molecule has 0 aliphatic heterocycles. The Hall–Kier alpha value is -3.14. The molecule has 0 saturated heterocycles. The average molecular weight is 318 g/mol. The first-order valence-electron chi connectivity index (χ1n) is 7.96. The zero-order valence-electron chi connectivity index (χ0n) is 13.6. The lowest BCUT2D eigenvalue weighted by Gasteiger charge is -2.07. The van der Waals surface area contributed by atoms with Gasteiger partial charge in [-0.3, -0.25) is 0 Å². The number of aromatic nitrogens is 1. The van der Waals surface area contributed by atoms with Crippen LogP contribution in [0, 0.1) is 0 Å². The first-order chi connectivity index (χ1) is 11.8. The normalized spacial score (nSPS) is 11.1. The van der Waals surface area contributed by atoms with Crippen LogP contribution in [0.5, 0.6) is 5.75 Å². The number of hydrogen-bond donors (Lipinski definition) is 1. The van der Waals surface area contributed by atoms with Crippen molar-refractivity contribution in [3.63, 3.8) is 0 Å². The molecule has 1 aromatic heterocycles. The van der Waals surface area contributed by atoms with Crippen molar-refractivity contribution in [3.05, 3.63) is 84.6 Å². The van der Waals surface area contributed by atoms with Gasteiger partial charge in [-0.25, -0.2) is 4.98 Å². The van der Waals surface area contributed by atoms with Crippen molar-refractivity contribution in [1.82, 2.24) is 0 Å². The lowest BCUT2D eigenvalue weighted by atomic mass is 10.2. The summed E-state index contributed by atoms with van der Waals surface area (Å²) in [6.45, 7) is 2.63. The van der Waals surface area contributed by atoms with Crippen molar-refractivity contribution in [2.45, 2.75) is 6.92 Å². The number of hydrogen-bond acceptors (Lipinski definition) is 2. The number of amidine groups is 1. The molecule has 0 atom stereocenters. The fourth-order valence-corrected chi connectivity index (χ4v) is 2.27. The van der Waals surface area contributed by atoms with E-state index in [1.807, 2.05) is 85.9 Å². The van der Waals surface area contributed by atoms with Gasteiger partial charge in [0.15, 0.2) is 0 Å². The van der Waals surface area contributed by atoms with Gasteiger partial charge in [0.1, 0.15) is 5.75 Å². The number of nitrogens with one attached hydrogen (secondary N) is 2. The molecular weight excluding hydrogens is 298 g/mol. The van der Waals surface area contributed by atoms with Gasteiger partial charge in [0, 0.05) is 17.3 Å². The second-order valence-corrected chi connectivity index (χ2v) is 5.16. The topological polar surface area (TPSA) is 47.8 Å². The monoisotopic (exact) mass is 318 g/mol. The summed E-state index contributed by atoms with van der Waals surface area (Å²) in [5.74, 6) is 2.43. The highest BCUT2D eigenvalue weighted by atomic mass is 16.5. The number of anilines is 1. The summed E-state index contributed by atoms with van der Waals surface area (Å²) in [5.41, 5.74) is 1.97. The molecule has 0 aliphatic rings. The Kier molecular flexibility index (Phi) is 5.20. The summed E-state index contributed by atoms with van der Waals surface area (Å²) < 4.78 is 5.48. The van der Waals surface area contributed by atoms with Crippen molar-refractivity contribution >= 4 is 17.3 Å². The van der Waals surface area contributed by atoms with Gasteiger partial charge in [-0.05, 0) is 54.4 Å². The molecule has 0 spiro atoms. The third-order valence-corrected chi connectivity index (χ3v) is 3.40. The van der Waals surface area contributed by atoms with Gasteiger partial charge in [-0.15, -0.1) is 0 Å². The number of aromatic amines is 1. The molecule has 0 fully saturated rings. The van der Waals surface area contributed by atoms with Crippen molar-refractivity contribution in [2.75, 3.05) is 11.9 Å². The van der Waals surface area contributed by atoms with Gasteiger partial charge >= 0.3 is 5.82 Å². The predicted molar refractivity (Wildman–Crippen MR) is 96.9 cm³/mol. The highest BCUT2D eigenvalue weighted by Crippen LogP contribution is 2.17. The van der Waals surface area contributed by atoms with Crippen LogP contribution >= 0.6 is 0 Å². The first-order valence-corrected chi connectivity index (χ1v) is 7.96. The van der Waals surface area contributed by atoms with Crippen LogP contribution in [0.15, 0.2) is 84.0 Å². The molecule has 2 N–H and O–H groups in total. The van der Waals surface area contributed by atoms with E-state index in [1.165, 1.54) is 0 Å². The van der Waals surface area contributed by atoms with E-state index in [9.17, 15) is 0 Å². The molecule has 1 heterocycles. The van der Waals surface area contributed by atoms with Crippen LogP contribution in [0.2, 0.25) is 0 Å². The highest BCUT2D eigenvalue weighted by Gasteiger charge is 2.11.